The van der Waals surface area contributed by atoms with E-state index in [0.717, 1.165) is 22.6 Å². The zero-order chi connectivity index (χ0) is 17.2. The van der Waals surface area contributed by atoms with E-state index >= 15 is 0 Å². The molecule has 0 aliphatic carbocycles. The van der Waals surface area contributed by atoms with Gasteiger partial charge in [0, 0.05) is 29.6 Å². The molecule has 25 heavy (non-hydrogen) atoms. The van der Waals surface area contributed by atoms with Gasteiger partial charge in [-0.1, -0.05) is 36.4 Å². The molecule has 0 saturated heterocycles. The third-order valence-corrected chi connectivity index (χ3v) is 4.35. The van der Waals surface area contributed by atoms with Crippen LogP contribution in [0.25, 0.3) is 0 Å². The average molecular weight is 333 g/mol. The number of amides is 1. The molecular weight excluding hydrogens is 314 g/mol. The summed E-state index contributed by atoms with van der Waals surface area (Å²) in [6.45, 7) is 2.61. The Morgan fingerprint density at radius 1 is 1.12 bits per heavy atom. The van der Waals surface area contributed by atoms with E-state index in [1.54, 1.807) is 6.20 Å². The predicted octanol–water partition coefficient (Wildman–Crippen LogP) is 3.33. The van der Waals surface area contributed by atoms with Crippen molar-refractivity contribution in [3.05, 3.63) is 78.1 Å². The summed E-state index contributed by atoms with van der Waals surface area (Å²) in [6, 6.07) is 17.3. The number of ether oxygens (including phenoxy) is 1. The van der Waals surface area contributed by atoms with Crippen molar-refractivity contribution < 1.29 is 9.53 Å². The first-order chi connectivity index (χ1) is 12.2. The minimum Gasteiger partial charge on any atom is -0.457 e. The second-order valence-corrected chi connectivity index (χ2v) is 6.25. The number of hydrogen-bond acceptors (Lipinski definition) is 3. The van der Waals surface area contributed by atoms with E-state index in [-0.39, 0.29) is 17.9 Å². The number of rotatable bonds is 4. The minimum atomic E-state index is -0.374. The highest BCUT2D eigenvalue weighted by Crippen LogP contribution is 2.43. The molecule has 0 spiro atoms. The maximum atomic E-state index is 13.1. The fourth-order valence-corrected chi connectivity index (χ4v) is 3.25. The molecule has 0 fully saturated rings. The Labute approximate surface area is 146 Å². The third-order valence-electron chi connectivity index (χ3n) is 4.35. The predicted molar refractivity (Wildman–Crippen MR) is 94.6 cm³/mol. The second-order valence-electron chi connectivity index (χ2n) is 6.25. The molecule has 0 bridgehead atoms. The van der Waals surface area contributed by atoms with Crippen LogP contribution in [0.4, 0.5) is 0 Å². The molecule has 5 nitrogen and oxygen atoms in total. The summed E-state index contributed by atoms with van der Waals surface area (Å²) in [5, 5.41) is 7.31. The maximum absolute atomic E-state index is 13.1. The zero-order valence-corrected chi connectivity index (χ0v) is 13.9. The van der Waals surface area contributed by atoms with Crippen LogP contribution in [0.3, 0.4) is 0 Å². The van der Waals surface area contributed by atoms with Gasteiger partial charge in [0.25, 0.3) is 0 Å². The molecule has 1 aliphatic rings. The number of nitrogens with zero attached hydrogens (tertiary/aromatic N) is 2. The number of carbonyl (C=O) groups is 1. The van der Waals surface area contributed by atoms with Gasteiger partial charge in [-0.05, 0) is 25.1 Å². The van der Waals surface area contributed by atoms with Crippen LogP contribution in [0, 0.1) is 0 Å². The monoisotopic (exact) mass is 333 g/mol. The lowest BCUT2D eigenvalue weighted by molar-refractivity contribution is -0.122. The molecule has 1 atom stereocenters. The van der Waals surface area contributed by atoms with Gasteiger partial charge in [0.2, 0.25) is 5.91 Å². The largest absolute Gasteiger partial charge is 0.457 e. The van der Waals surface area contributed by atoms with Gasteiger partial charge in [0.15, 0.2) is 0 Å². The van der Waals surface area contributed by atoms with E-state index in [2.05, 4.69) is 10.4 Å². The maximum Gasteiger partial charge on any atom is 0.232 e. The lowest BCUT2D eigenvalue weighted by atomic mass is 9.87. The van der Waals surface area contributed by atoms with Crippen LogP contribution in [0.1, 0.15) is 24.0 Å². The third kappa shape index (κ3) is 3.01. The number of fused-ring (bicyclic) bond motifs is 2. The molecule has 1 unspecified atom stereocenters. The van der Waals surface area contributed by atoms with Gasteiger partial charge in [0.1, 0.15) is 11.5 Å². The van der Waals surface area contributed by atoms with E-state index in [1.807, 2.05) is 72.4 Å². The standard InChI is InChI=1S/C20H19N3O2/c1-14(13-23-12-6-11-21-23)22-20(24)19-15-7-2-4-9-17(15)25-18-10-5-3-8-16(18)19/h2-12,14,19H,13H2,1H3,(H,22,24). The summed E-state index contributed by atoms with van der Waals surface area (Å²) in [4.78, 5) is 13.1. The van der Waals surface area contributed by atoms with Crippen LogP contribution < -0.4 is 10.1 Å². The van der Waals surface area contributed by atoms with Crippen LogP contribution >= 0.6 is 0 Å². The van der Waals surface area contributed by atoms with Crippen molar-refractivity contribution in [3.8, 4) is 11.5 Å². The van der Waals surface area contributed by atoms with E-state index in [9.17, 15) is 4.79 Å². The van der Waals surface area contributed by atoms with Crippen molar-refractivity contribution in [1.29, 1.82) is 0 Å². The quantitative estimate of drug-likeness (QED) is 0.797. The number of nitrogens with one attached hydrogen (secondary N) is 1. The second kappa shape index (κ2) is 6.43. The Kier molecular flexibility index (Phi) is 3.98. The Bertz CT molecular complexity index is 844. The molecule has 4 rings (SSSR count). The van der Waals surface area contributed by atoms with Gasteiger partial charge in [-0.25, -0.2) is 0 Å². The van der Waals surface area contributed by atoms with Crippen molar-refractivity contribution >= 4 is 5.91 Å². The molecule has 5 heteroatoms. The van der Waals surface area contributed by atoms with E-state index in [1.165, 1.54) is 0 Å². The van der Waals surface area contributed by atoms with Crippen molar-refractivity contribution in [3.63, 3.8) is 0 Å². The Morgan fingerprint density at radius 3 is 2.36 bits per heavy atom. The number of aromatic nitrogens is 2. The number of benzene rings is 2. The van der Waals surface area contributed by atoms with Gasteiger partial charge >= 0.3 is 0 Å². The Balaban J connectivity index is 1.61. The molecule has 1 N–H and O–H groups in total. The molecule has 1 aromatic heterocycles. The molecular formula is C20H19N3O2. The fraction of sp³-hybridized carbons (Fsp3) is 0.200. The lowest BCUT2D eigenvalue weighted by Crippen LogP contribution is -2.39. The van der Waals surface area contributed by atoms with Crippen molar-refractivity contribution in [1.82, 2.24) is 15.1 Å². The van der Waals surface area contributed by atoms with Crippen molar-refractivity contribution in [2.45, 2.75) is 25.4 Å². The van der Waals surface area contributed by atoms with Crippen molar-refractivity contribution in [2.24, 2.45) is 0 Å². The molecule has 1 amide bonds. The molecule has 126 valence electrons. The number of para-hydroxylation sites is 2. The highest BCUT2D eigenvalue weighted by atomic mass is 16.5. The van der Waals surface area contributed by atoms with Crippen LogP contribution in [0.5, 0.6) is 11.5 Å². The first-order valence-electron chi connectivity index (χ1n) is 8.36. The fourth-order valence-electron chi connectivity index (χ4n) is 3.25. The first kappa shape index (κ1) is 15.4. The first-order valence-corrected chi connectivity index (χ1v) is 8.36. The van der Waals surface area contributed by atoms with Crippen LogP contribution in [-0.4, -0.2) is 21.7 Å². The molecule has 0 saturated carbocycles. The number of hydrogen-bond donors (Lipinski definition) is 1. The smallest absolute Gasteiger partial charge is 0.232 e. The Morgan fingerprint density at radius 2 is 1.76 bits per heavy atom. The molecule has 1 aliphatic heterocycles. The van der Waals surface area contributed by atoms with E-state index in [0.29, 0.717) is 6.54 Å². The summed E-state index contributed by atoms with van der Waals surface area (Å²) in [7, 11) is 0. The summed E-state index contributed by atoms with van der Waals surface area (Å²) >= 11 is 0. The molecule has 2 aromatic carbocycles. The van der Waals surface area contributed by atoms with Crippen LogP contribution in [0.15, 0.2) is 67.0 Å². The normalized spacial score (nSPS) is 14.1. The van der Waals surface area contributed by atoms with Crippen molar-refractivity contribution in [2.75, 3.05) is 0 Å². The number of carbonyl (C=O) groups excluding carboxylic acids is 1. The molecule has 3 aromatic rings. The van der Waals surface area contributed by atoms with E-state index < -0.39 is 0 Å². The average Bonchev–Trinajstić information content (AvgIpc) is 3.12. The Hall–Kier alpha value is -3.08. The minimum absolute atomic E-state index is 0.0251. The van der Waals surface area contributed by atoms with Gasteiger partial charge in [0.05, 0.1) is 12.5 Å². The highest BCUT2D eigenvalue weighted by Gasteiger charge is 2.32. The van der Waals surface area contributed by atoms with Gasteiger partial charge in [-0.15, -0.1) is 0 Å². The lowest BCUT2D eigenvalue weighted by Gasteiger charge is -2.28. The van der Waals surface area contributed by atoms with Crippen LogP contribution in [0.2, 0.25) is 0 Å². The van der Waals surface area contributed by atoms with E-state index in [4.69, 9.17) is 4.74 Å². The molecule has 2 heterocycles. The summed E-state index contributed by atoms with van der Waals surface area (Å²) in [5.41, 5.74) is 1.79. The topological polar surface area (TPSA) is 56.2 Å². The SMILES string of the molecule is CC(Cn1cccn1)NC(=O)C1c2ccccc2Oc2ccccc21. The zero-order valence-electron chi connectivity index (χ0n) is 13.9. The molecule has 0 radical (unpaired) electrons. The summed E-state index contributed by atoms with van der Waals surface area (Å²) in [5.74, 6) is 1.08. The summed E-state index contributed by atoms with van der Waals surface area (Å²) < 4.78 is 7.77. The summed E-state index contributed by atoms with van der Waals surface area (Å²) in [6.07, 6.45) is 3.63. The van der Waals surface area contributed by atoms with Crippen LogP contribution in [-0.2, 0) is 11.3 Å². The van der Waals surface area contributed by atoms with Gasteiger partial charge in [-0.3, -0.25) is 9.48 Å². The van der Waals surface area contributed by atoms with Gasteiger partial charge in [-0.2, -0.15) is 5.10 Å². The highest BCUT2D eigenvalue weighted by molar-refractivity contribution is 5.89. The van der Waals surface area contributed by atoms with Gasteiger partial charge < -0.3 is 10.1 Å².